The topological polar surface area (TPSA) is 50.5 Å². The number of allylic oxidation sites excluding steroid dienone is 1. The molecule has 2 heterocycles. The van der Waals surface area contributed by atoms with E-state index < -0.39 is 0 Å². The molecule has 0 unspecified atom stereocenters. The van der Waals surface area contributed by atoms with Crippen molar-refractivity contribution in [2.75, 3.05) is 18.6 Å². The number of hydrogen-bond acceptors (Lipinski definition) is 4. The molecule has 1 aromatic heterocycles. The monoisotopic (exact) mass is 306 g/mol. The Labute approximate surface area is 131 Å². The number of hydrogen-bond donors (Lipinski definition) is 0. The fourth-order valence-corrected chi connectivity index (χ4v) is 2.99. The molecule has 0 aromatic carbocycles. The Balaban J connectivity index is 2.32. The average molecular weight is 306 g/mol. The molecule has 22 heavy (non-hydrogen) atoms. The Morgan fingerprint density at radius 3 is 2.55 bits per heavy atom. The lowest BCUT2D eigenvalue weighted by atomic mass is 10.2. The van der Waals surface area contributed by atoms with Crippen molar-refractivity contribution in [2.45, 2.75) is 45.7 Å². The van der Waals surface area contributed by atoms with E-state index in [1.54, 1.807) is 10.6 Å². The first-order valence-electron chi connectivity index (χ1n) is 7.95. The lowest BCUT2D eigenvalue weighted by Crippen LogP contribution is -2.41. The minimum atomic E-state index is -0.289. The number of hydrazine groups is 1. The quantitative estimate of drug-likeness (QED) is 0.565. The largest absolute Gasteiger partial charge is 0.332 e. The Morgan fingerprint density at radius 1 is 1.18 bits per heavy atom. The van der Waals surface area contributed by atoms with E-state index in [1.165, 1.54) is 30.9 Å². The molecule has 1 aliphatic rings. The first-order chi connectivity index (χ1) is 10.5. The lowest BCUT2D eigenvalue weighted by Gasteiger charge is -2.27. The number of anilines is 1. The Kier molecular flexibility index (Phi) is 5.24. The molecule has 1 aliphatic heterocycles. The van der Waals surface area contributed by atoms with Gasteiger partial charge in [-0.1, -0.05) is 32.3 Å². The summed E-state index contributed by atoms with van der Waals surface area (Å²) in [6, 6.07) is 0. The minimum Gasteiger partial charge on any atom is -0.293 e. The summed E-state index contributed by atoms with van der Waals surface area (Å²) in [4.78, 5) is 24.7. The van der Waals surface area contributed by atoms with Crippen LogP contribution in [0.1, 0.15) is 38.2 Å². The van der Waals surface area contributed by atoms with Gasteiger partial charge in [-0.15, -0.1) is 6.58 Å². The van der Waals surface area contributed by atoms with Crippen LogP contribution in [0.3, 0.4) is 0 Å². The van der Waals surface area contributed by atoms with Crippen molar-refractivity contribution >= 4 is 5.82 Å². The smallest absolute Gasteiger partial charge is 0.293 e. The van der Waals surface area contributed by atoms with E-state index in [1.807, 2.05) is 12.1 Å². The minimum absolute atomic E-state index is 0.191. The molecule has 0 aliphatic carbocycles. The van der Waals surface area contributed by atoms with Gasteiger partial charge in [0.05, 0.1) is 12.1 Å². The molecule has 0 spiro atoms. The van der Waals surface area contributed by atoms with Crippen molar-refractivity contribution in [1.29, 1.82) is 0 Å². The molecular weight excluding hydrogens is 280 g/mol. The van der Waals surface area contributed by atoms with Crippen LogP contribution in [0.25, 0.3) is 0 Å². The molecule has 0 atom stereocenters. The molecule has 0 bridgehead atoms. The summed E-state index contributed by atoms with van der Waals surface area (Å²) in [5.74, 6) is 0.712. The highest BCUT2D eigenvalue weighted by Gasteiger charge is 2.30. The van der Waals surface area contributed by atoms with Gasteiger partial charge >= 0.3 is 5.69 Å². The normalized spacial score (nSPS) is 14.4. The summed E-state index contributed by atoms with van der Waals surface area (Å²) >= 11 is 0. The van der Waals surface area contributed by atoms with E-state index in [0.717, 1.165) is 13.0 Å². The third kappa shape index (κ3) is 2.88. The van der Waals surface area contributed by atoms with Crippen LogP contribution >= 0.6 is 0 Å². The van der Waals surface area contributed by atoms with E-state index in [-0.39, 0.29) is 11.2 Å². The summed E-state index contributed by atoms with van der Waals surface area (Å²) in [7, 11) is 3.46. The summed E-state index contributed by atoms with van der Waals surface area (Å²) in [5.41, 5.74) is 0.216. The van der Waals surface area contributed by atoms with Crippen molar-refractivity contribution in [1.82, 2.24) is 14.1 Å². The van der Waals surface area contributed by atoms with Crippen LogP contribution in [0.4, 0.5) is 5.82 Å². The first-order valence-corrected chi connectivity index (χ1v) is 7.95. The van der Waals surface area contributed by atoms with Gasteiger partial charge in [0, 0.05) is 27.2 Å². The highest BCUT2D eigenvalue weighted by atomic mass is 16.2. The van der Waals surface area contributed by atoms with Gasteiger partial charge < -0.3 is 0 Å². The van der Waals surface area contributed by atoms with E-state index in [0.29, 0.717) is 24.5 Å². The average Bonchev–Trinajstić information content (AvgIpc) is 2.83. The predicted molar refractivity (Wildman–Crippen MR) is 89.1 cm³/mol. The van der Waals surface area contributed by atoms with Crippen LogP contribution in [-0.4, -0.2) is 27.7 Å². The summed E-state index contributed by atoms with van der Waals surface area (Å²) < 4.78 is 2.81. The first kappa shape index (κ1) is 16.5. The van der Waals surface area contributed by atoms with Crippen LogP contribution in [0.5, 0.6) is 0 Å². The molecule has 1 aromatic rings. The second-order valence-electron chi connectivity index (χ2n) is 5.82. The second-order valence-corrected chi connectivity index (χ2v) is 5.82. The third-order valence-corrected chi connectivity index (χ3v) is 4.26. The number of unbranched alkanes of at least 4 members (excludes halogenated alkanes) is 3. The van der Waals surface area contributed by atoms with E-state index >= 15 is 0 Å². The van der Waals surface area contributed by atoms with Gasteiger partial charge in [0.15, 0.2) is 0 Å². The molecule has 0 N–H and O–H groups in total. The molecule has 6 heteroatoms. The van der Waals surface area contributed by atoms with E-state index in [9.17, 15) is 9.59 Å². The van der Waals surface area contributed by atoms with Crippen molar-refractivity contribution in [3.05, 3.63) is 39.1 Å². The lowest BCUT2D eigenvalue weighted by molar-refractivity contribution is 0.269. The third-order valence-electron chi connectivity index (χ3n) is 4.26. The summed E-state index contributed by atoms with van der Waals surface area (Å²) in [6.45, 7) is 7.78. The molecule has 0 amide bonds. The van der Waals surface area contributed by atoms with Gasteiger partial charge in [-0.3, -0.25) is 18.9 Å². The van der Waals surface area contributed by atoms with E-state index in [4.69, 9.17) is 0 Å². The SMILES string of the molecule is C=CCn1c2c(c(=O)n(C)c1=O)CN(CCCCCC)N2C. The highest BCUT2D eigenvalue weighted by Crippen LogP contribution is 2.26. The van der Waals surface area contributed by atoms with Crippen molar-refractivity contribution in [2.24, 2.45) is 7.05 Å². The van der Waals surface area contributed by atoms with Crippen LogP contribution in [0.2, 0.25) is 0 Å². The van der Waals surface area contributed by atoms with Gasteiger partial charge in [-0.2, -0.15) is 0 Å². The Morgan fingerprint density at radius 2 is 1.91 bits per heavy atom. The maximum atomic E-state index is 12.4. The molecule has 0 saturated carbocycles. The van der Waals surface area contributed by atoms with Crippen molar-refractivity contribution in [3.8, 4) is 0 Å². The number of fused-ring (bicyclic) bond motifs is 1. The maximum Gasteiger partial charge on any atom is 0.332 e. The molecule has 0 fully saturated rings. The molecule has 6 nitrogen and oxygen atoms in total. The zero-order valence-electron chi connectivity index (χ0n) is 13.8. The van der Waals surface area contributed by atoms with Crippen LogP contribution in [0, 0.1) is 0 Å². The maximum absolute atomic E-state index is 12.4. The molecule has 122 valence electrons. The fraction of sp³-hybridized carbons (Fsp3) is 0.625. The fourth-order valence-electron chi connectivity index (χ4n) is 2.99. The van der Waals surface area contributed by atoms with Crippen molar-refractivity contribution in [3.63, 3.8) is 0 Å². The van der Waals surface area contributed by atoms with Crippen molar-refractivity contribution < 1.29 is 0 Å². The number of rotatable bonds is 7. The summed E-state index contributed by atoms with van der Waals surface area (Å²) in [5, 5.41) is 4.09. The van der Waals surface area contributed by atoms with Gasteiger partial charge in [-0.05, 0) is 6.42 Å². The molecule has 0 saturated heterocycles. The predicted octanol–water partition coefficient (Wildman–Crippen LogP) is 1.48. The van der Waals surface area contributed by atoms with Gasteiger partial charge in [0.1, 0.15) is 5.82 Å². The zero-order valence-corrected chi connectivity index (χ0v) is 13.8. The van der Waals surface area contributed by atoms with E-state index in [2.05, 4.69) is 18.5 Å². The molecular formula is C16H26N4O2. The highest BCUT2D eigenvalue weighted by molar-refractivity contribution is 5.49. The van der Waals surface area contributed by atoms with Crippen LogP contribution in [0.15, 0.2) is 22.2 Å². The van der Waals surface area contributed by atoms with Crippen LogP contribution < -0.4 is 16.3 Å². The Hall–Kier alpha value is -1.82. The molecule has 0 radical (unpaired) electrons. The van der Waals surface area contributed by atoms with Gasteiger partial charge in [-0.25, -0.2) is 9.80 Å². The summed E-state index contributed by atoms with van der Waals surface area (Å²) in [6.07, 6.45) is 6.40. The standard InChI is InChI=1S/C16H26N4O2/c1-5-7-8-9-11-19-12-13-14(18(19)4)20(10-6-2)16(22)17(3)15(13)21/h6H,2,5,7-12H2,1,3-4H3. The number of aromatic nitrogens is 2. The number of nitrogens with zero attached hydrogens (tertiary/aromatic N) is 4. The molecule has 2 rings (SSSR count). The zero-order chi connectivity index (χ0) is 16.3. The van der Waals surface area contributed by atoms with Gasteiger partial charge in [0.25, 0.3) is 5.56 Å². The Bertz CT molecular complexity index is 659. The van der Waals surface area contributed by atoms with Gasteiger partial charge in [0.2, 0.25) is 0 Å². The van der Waals surface area contributed by atoms with Crippen LogP contribution in [-0.2, 0) is 20.1 Å². The second kappa shape index (κ2) is 6.96.